The zero-order chi connectivity index (χ0) is 12.3. The second kappa shape index (κ2) is 5.14. The summed E-state index contributed by atoms with van der Waals surface area (Å²) in [6, 6.07) is 3.62. The van der Waals surface area contributed by atoms with E-state index in [2.05, 4.69) is 10.3 Å². The average molecular weight is 235 g/mol. The van der Waals surface area contributed by atoms with Gasteiger partial charge in [0.05, 0.1) is 12.6 Å². The Labute approximate surface area is 100 Å². The number of anilines is 1. The van der Waals surface area contributed by atoms with Gasteiger partial charge in [-0.05, 0) is 31.0 Å². The van der Waals surface area contributed by atoms with Gasteiger partial charge < -0.3 is 15.3 Å². The number of aliphatic hydroxyl groups is 1. The lowest BCUT2D eigenvalue weighted by Gasteiger charge is -2.20. The van der Waals surface area contributed by atoms with Crippen LogP contribution in [-0.4, -0.2) is 35.6 Å². The maximum atomic E-state index is 11.5. The first-order valence-electron chi connectivity index (χ1n) is 5.82. The lowest BCUT2D eigenvalue weighted by atomic mass is 10.1. The van der Waals surface area contributed by atoms with Crippen LogP contribution in [0.15, 0.2) is 18.3 Å². The molecule has 2 rings (SSSR count). The summed E-state index contributed by atoms with van der Waals surface area (Å²) in [5, 5.41) is 12.4. The van der Waals surface area contributed by atoms with E-state index in [0.717, 1.165) is 24.3 Å². The minimum absolute atomic E-state index is 0.0201. The molecular weight excluding hydrogens is 218 g/mol. The van der Waals surface area contributed by atoms with Gasteiger partial charge in [0.15, 0.2) is 0 Å². The van der Waals surface area contributed by atoms with Gasteiger partial charge in [0.1, 0.15) is 5.82 Å². The van der Waals surface area contributed by atoms with Crippen molar-refractivity contribution in [3.63, 3.8) is 0 Å². The highest BCUT2D eigenvalue weighted by Gasteiger charge is 2.16. The van der Waals surface area contributed by atoms with Gasteiger partial charge in [0.25, 0.3) is 0 Å². The Bertz CT molecular complexity index is 406. The molecule has 0 bridgehead atoms. The highest BCUT2D eigenvalue weighted by Crippen LogP contribution is 2.18. The maximum Gasteiger partial charge on any atom is 0.239 e. The summed E-state index contributed by atoms with van der Waals surface area (Å²) in [5.41, 5.74) is 0.819. The number of aromatic nitrogens is 1. The lowest BCUT2D eigenvalue weighted by Crippen LogP contribution is -2.33. The van der Waals surface area contributed by atoms with Crippen molar-refractivity contribution in [1.29, 1.82) is 0 Å². The van der Waals surface area contributed by atoms with Crippen molar-refractivity contribution in [3.05, 3.63) is 23.9 Å². The molecule has 1 aromatic rings. The van der Waals surface area contributed by atoms with E-state index in [1.165, 1.54) is 0 Å². The van der Waals surface area contributed by atoms with Crippen LogP contribution in [0.4, 0.5) is 5.82 Å². The number of hydrogen-bond acceptors (Lipinski definition) is 4. The monoisotopic (exact) mass is 235 g/mol. The summed E-state index contributed by atoms with van der Waals surface area (Å²) in [6.07, 6.45) is 2.06. The molecule has 1 aliphatic heterocycles. The van der Waals surface area contributed by atoms with Gasteiger partial charge in [-0.1, -0.05) is 0 Å². The van der Waals surface area contributed by atoms with Gasteiger partial charge in [0, 0.05) is 19.3 Å². The third-order valence-electron chi connectivity index (χ3n) is 2.84. The zero-order valence-electron chi connectivity index (χ0n) is 9.89. The molecule has 1 aromatic heterocycles. The number of carbonyl (C=O) groups excluding carboxylic acids is 1. The molecule has 5 heteroatoms. The summed E-state index contributed by atoms with van der Waals surface area (Å²) in [4.78, 5) is 17.7. The van der Waals surface area contributed by atoms with E-state index in [0.29, 0.717) is 13.1 Å². The molecule has 1 fully saturated rings. The summed E-state index contributed by atoms with van der Waals surface area (Å²) in [5.74, 6) is 0.771. The Morgan fingerprint density at radius 1 is 1.59 bits per heavy atom. The molecule has 17 heavy (non-hydrogen) atoms. The molecule has 1 saturated heterocycles. The third kappa shape index (κ3) is 2.94. The fourth-order valence-electron chi connectivity index (χ4n) is 1.87. The van der Waals surface area contributed by atoms with Gasteiger partial charge in [-0.3, -0.25) is 4.79 Å². The molecular formula is C12H17N3O2. The zero-order valence-corrected chi connectivity index (χ0v) is 9.89. The van der Waals surface area contributed by atoms with Crippen LogP contribution >= 0.6 is 0 Å². The van der Waals surface area contributed by atoms with E-state index >= 15 is 0 Å². The van der Waals surface area contributed by atoms with Crippen molar-refractivity contribution in [2.75, 3.05) is 24.5 Å². The smallest absolute Gasteiger partial charge is 0.239 e. The Kier molecular flexibility index (Phi) is 3.58. The van der Waals surface area contributed by atoms with E-state index in [4.69, 9.17) is 0 Å². The second-order valence-corrected chi connectivity index (χ2v) is 4.25. The highest BCUT2D eigenvalue weighted by atomic mass is 16.3. The molecule has 0 spiro atoms. The molecule has 1 aliphatic rings. The summed E-state index contributed by atoms with van der Waals surface area (Å²) in [7, 11) is 0. The van der Waals surface area contributed by atoms with Gasteiger partial charge in [-0.2, -0.15) is 0 Å². The van der Waals surface area contributed by atoms with E-state index in [-0.39, 0.29) is 5.91 Å². The Hall–Kier alpha value is -1.62. The largest absolute Gasteiger partial charge is 0.389 e. The van der Waals surface area contributed by atoms with E-state index in [9.17, 15) is 9.90 Å². The normalized spacial score (nSPS) is 18.5. The predicted molar refractivity (Wildman–Crippen MR) is 64.7 cm³/mol. The third-order valence-corrected chi connectivity index (χ3v) is 2.84. The van der Waals surface area contributed by atoms with Crippen LogP contribution in [-0.2, 0) is 4.79 Å². The van der Waals surface area contributed by atoms with Crippen LogP contribution in [0.5, 0.6) is 0 Å². The summed E-state index contributed by atoms with van der Waals surface area (Å²) in [6.45, 7) is 3.56. The van der Waals surface area contributed by atoms with Crippen LogP contribution < -0.4 is 10.2 Å². The predicted octanol–water partition coefficient (Wildman–Crippen LogP) is 0.461. The van der Waals surface area contributed by atoms with Crippen molar-refractivity contribution in [3.8, 4) is 0 Å². The van der Waals surface area contributed by atoms with Crippen molar-refractivity contribution >= 4 is 11.7 Å². The first-order chi connectivity index (χ1) is 8.16. The number of nitrogens with zero attached hydrogens (tertiary/aromatic N) is 2. The molecule has 2 heterocycles. The molecule has 5 nitrogen and oxygen atoms in total. The van der Waals surface area contributed by atoms with Gasteiger partial charge in [-0.15, -0.1) is 0 Å². The van der Waals surface area contributed by atoms with Crippen molar-refractivity contribution in [2.45, 2.75) is 19.4 Å². The minimum Gasteiger partial charge on any atom is -0.389 e. The molecule has 1 amide bonds. The number of hydrogen-bond donors (Lipinski definition) is 2. The number of aliphatic hydroxyl groups excluding tert-OH is 1. The Morgan fingerprint density at radius 2 is 2.41 bits per heavy atom. The SMILES string of the molecule is C[C@H](O)c1ccnc(N2CCCNC(=O)C2)c1. The molecule has 0 unspecified atom stereocenters. The van der Waals surface area contributed by atoms with E-state index in [1.807, 2.05) is 11.0 Å². The number of pyridine rings is 1. The van der Waals surface area contributed by atoms with Crippen LogP contribution in [0.25, 0.3) is 0 Å². The van der Waals surface area contributed by atoms with Gasteiger partial charge in [0.2, 0.25) is 5.91 Å². The molecule has 0 aromatic carbocycles. The molecule has 92 valence electrons. The lowest BCUT2D eigenvalue weighted by molar-refractivity contribution is -0.119. The first-order valence-corrected chi connectivity index (χ1v) is 5.82. The van der Waals surface area contributed by atoms with E-state index < -0.39 is 6.10 Å². The molecule has 2 N–H and O–H groups in total. The average Bonchev–Trinajstić information content (AvgIpc) is 2.54. The van der Waals surface area contributed by atoms with Crippen LogP contribution in [0.2, 0.25) is 0 Å². The van der Waals surface area contributed by atoms with Gasteiger partial charge >= 0.3 is 0 Å². The topological polar surface area (TPSA) is 65.5 Å². The number of rotatable bonds is 2. The number of carbonyl (C=O) groups is 1. The van der Waals surface area contributed by atoms with Crippen molar-refractivity contribution in [2.24, 2.45) is 0 Å². The Morgan fingerprint density at radius 3 is 3.18 bits per heavy atom. The summed E-state index contributed by atoms with van der Waals surface area (Å²) < 4.78 is 0. The van der Waals surface area contributed by atoms with Crippen LogP contribution in [0, 0.1) is 0 Å². The quantitative estimate of drug-likeness (QED) is 0.781. The number of amides is 1. The number of nitrogens with one attached hydrogen (secondary N) is 1. The first kappa shape index (κ1) is 11.9. The van der Waals surface area contributed by atoms with E-state index in [1.54, 1.807) is 19.2 Å². The standard InChI is InChI=1S/C12H17N3O2/c1-9(16)10-3-5-13-11(7-10)15-6-2-4-14-12(17)8-15/h3,5,7,9,16H,2,4,6,8H2,1H3,(H,14,17)/t9-/m0/s1. The molecule has 0 aliphatic carbocycles. The van der Waals surface area contributed by atoms with Crippen LogP contribution in [0.1, 0.15) is 25.0 Å². The maximum absolute atomic E-state index is 11.5. The van der Waals surface area contributed by atoms with Gasteiger partial charge in [-0.25, -0.2) is 4.98 Å². The molecule has 0 radical (unpaired) electrons. The molecule has 1 atom stereocenters. The summed E-state index contributed by atoms with van der Waals surface area (Å²) >= 11 is 0. The van der Waals surface area contributed by atoms with Crippen molar-refractivity contribution < 1.29 is 9.90 Å². The minimum atomic E-state index is -0.516. The molecule has 0 saturated carbocycles. The second-order valence-electron chi connectivity index (χ2n) is 4.25. The van der Waals surface area contributed by atoms with Crippen LogP contribution in [0.3, 0.4) is 0 Å². The van der Waals surface area contributed by atoms with Crippen molar-refractivity contribution in [1.82, 2.24) is 10.3 Å². The Balaban J connectivity index is 2.20. The highest BCUT2D eigenvalue weighted by molar-refractivity contribution is 5.81. The fourth-order valence-corrected chi connectivity index (χ4v) is 1.87. The fraction of sp³-hybridized carbons (Fsp3) is 0.500.